The van der Waals surface area contributed by atoms with E-state index < -0.39 is 5.97 Å². The van der Waals surface area contributed by atoms with Crippen molar-refractivity contribution in [2.45, 2.75) is 6.92 Å². The number of carbonyl (C=O) groups excluding carboxylic acids is 1. The van der Waals surface area contributed by atoms with Crippen LogP contribution in [-0.2, 0) is 0 Å². The van der Waals surface area contributed by atoms with Crippen LogP contribution >= 0.6 is 0 Å². The number of benzene rings is 1. The molecule has 0 spiro atoms. The Morgan fingerprint density at radius 3 is 2.44 bits per heavy atom. The third-order valence-corrected chi connectivity index (χ3v) is 1.98. The normalized spacial score (nSPS) is 9.81. The molecule has 0 radical (unpaired) electrons. The first-order chi connectivity index (χ1) is 7.75. The molecule has 16 heavy (non-hydrogen) atoms. The second-order valence-electron chi connectivity index (χ2n) is 3.27. The van der Waals surface area contributed by atoms with E-state index in [1.165, 1.54) is 0 Å². The molecule has 1 aromatic carbocycles. The molecule has 0 N–H and O–H groups in total. The Kier molecular flexibility index (Phi) is 2.91. The first-order valence-electron chi connectivity index (χ1n) is 4.83. The first kappa shape index (κ1) is 10.3. The van der Waals surface area contributed by atoms with Gasteiger partial charge in [-0.3, -0.25) is 0 Å². The van der Waals surface area contributed by atoms with Gasteiger partial charge in [0, 0.05) is 6.07 Å². The number of hydrogen-bond acceptors (Lipinski definition) is 4. The van der Waals surface area contributed by atoms with Crippen LogP contribution in [0.1, 0.15) is 16.1 Å². The van der Waals surface area contributed by atoms with Crippen molar-refractivity contribution in [1.82, 2.24) is 10.2 Å². The summed E-state index contributed by atoms with van der Waals surface area (Å²) < 4.78 is 5.04. The Hall–Kier alpha value is -2.23. The zero-order chi connectivity index (χ0) is 11.4. The van der Waals surface area contributed by atoms with Crippen molar-refractivity contribution in [3.8, 4) is 5.88 Å². The quantitative estimate of drug-likeness (QED) is 0.717. The van der Waals surface area contributed by atoms with Crippen LogP contribution in [0.25, 0.3) is 0 Å². The highest BCUT2D eigenvalue weighted by molar-refractivity contribution is 5.90. The second kappa shape index (κ2) is 4.53. The summed E-state index contributed by atoms with van der Waals surface area (Å²) in [6.07, 6.45) is 0. The number of rotatable bonds is 2. The van der Waals surface area contributed by atoms with Crippen LogP contribution in [0.5, 0.6) is 5.88 Å². The molecule has 0 bridgehead atoms. The molecule has 1 heterocycles. The van der Waals surface area contributed by atoms with Gasteiger partial charge in [-0.25, -0.2) is 4.79 Å². The smallest absolute Gasteiger partial charge is 0.344 e. The van der Waals surface area contributed by atoms with E-state index in [9.17, 15) is 4.79 Å². The average molecular weight is 214 g/mol. The molecule has 80 valence electrons. The summed E-state index contributed by atoms with van der Waals surface area (Å²) in [6, 6.07) is 12.1. The van der Waals surface area contributed by atoms with E-state index in [0.29, 0.717) is 5.56 Å². The number of aryl methyl sites for hydroxylation is 1. The van der Waals surface area contributed by atoms with Crippen LogP contribution in [0.3, 0.4) is 0 Å². The fourth-order valence-corrected chi connectivity index (χ4v) is 1.17. The average Bonchev–Trinajstić information content (AvgIpc) is 2.33. The van der Waals surface area contributed by atoms with Crippen molar-refractivity contribution >= 4 is 5.97 Å². The van der Waals surface area contributed by atoms with Crippen molar-refractivity contribution < 1.29 is 9.53 Å². The molecule has 2 aromatic rings. The van der Waals surface area contributed by atoms with E-state index >= 15 is 0 Å². The number of carbonyl (C=O) groups is 1. The lowest BCUT2D eigenvalue weighted by molar-refractivity contribution is 0.0725. The van der Waals surface area contributed by atoms with Gasteiger partial charge in [-0.2, -0.15) is 5.10 Å². The molecule has 4 heteroatoms. The zero-order valence-corrected chi connectivity index (χ0v) is 8.75. The lowest BCUT2D eigenvalue weighted by atomic mass is 10.2. The SMILES string of the molecule is Cc1ccc(OC(=O)c2ccccc2)nn1. The van der Waals surface area contributed by atoms with Gasteiger partial charge in [-0.1, -0.05) is 18.2 Å². The van der Waals surface area contributed by atoms with Crippen molar-refractivity contribution in [3.05, 3.63) is 53.7 Å². The predicted octanol–water partition coefficient (Wildman–Crippen LogP) is 2.00. The van der Waals surface area contributed by atoms with Gasteiger partial charge in [0.1, 0.15) is 0 Å². The molecule has 0 saturated carbocycles. The van der Waals surface area contributed by atoms with E-state index in [0.717, 1.165) is 5.69 Å². The first-order valence-corrected chi connectivity index (χ1v) is 4.83. The van der Waals surface area contributed by atoms with Gasteiger partial charge in [-0.05, 0) is 25.1 Å². The van der Waals surface area contributed by atoms with Crippen molar-refractivity contribution in [3.63, 3.8) is 0 Å². The molecule has 0 unspecified atom stereocenters. The standard InChI is InChI=1S/C12H10N2O2/c1-9-7-8-11(14-13-9)16-12(15)10-5-3-2-4-6-10/h2-8H,1H3. The summed E-state index contributed by atoms with van der Waals surface area (Å²) in [5.74, 6) is -0.224. The maximum Gasteiger partial charge on any atom is 0.344 e. The van der Waals surface area contributed by atoms with E-state index in [4.69, 9.17) is 4.74 Å². The number of nitrogens with zero attached hydrogens (tertiary/aromatic N) is 2. The summed E-state index contributed by atoms with van der Waals surface area (Å²) in [5.41, 5.74) is 1.27. The van der Waals surface area contributed by atoms with Gasteiger partial charge in [0.05, 0.1) is 11.3 Å². The zero-order valence-electron chi connectivity index (χ0n) is 8.75. The third kappa shape index (κ3) is 2.42. The van der Waals surface area contributed by atoms with Gasteiger partial charge < -0.3 is 4.74 Å². The molecule has 4 nitrogen and oxygen atoms in total. The number of esters is 1. The van der Waals surface area contributed by atoms with Crippen LogP contribution in [0.4, 0.5) is 0 Å². The maximum atomic E-state index is 11.6. The Balaban J connectivity index is 2.11. The molecule has 0 amide bonds. The Morgan fingerprint density at radius 2 is 1.81 bits per heavy atom. The predicted molar refractivity (Wildman–Crippen MR) is 58.2 cm³/mol. The van der Waals surface area contributed by atoms with Crippen LogP contribution in [-0.4, -0.2) is 16.2 Å². The molecule has 0 aliphatic heterocycles. The molecule has 1 aromatic heterocycles. The van der Waals surface area contributed by atoms with Crippen molar-refractivity contribution in [2.75, 3.05) is 0 Å². The van der Waals surface area contributed by atoms with E-state index in [1.54, 1.807) is 36.4 Å². The molecule has 0 aliphatic rings. The summed E-state index contributed by atoms with van der Waals surface area (Å²) >= 11 is 0. The highest BCUT2D eigenvalue weighted by Gasteiger charge is 2.08. The molecule has 0 aliphatic carbocycles. The second-order valence-corrected chi connectivity index (χ2v) is 3.27. The highest BCUT2D eigenvalue weighted by atomic mass is 16.5. The fraction of sp³-hybridized carbons (Fsp3) is 0.0833. The van der Waals surface area contributed by atoms with E-state index in [2.05, 4.69) is 10.2 Å². The summed E-state index contributed by atoms with van der Waals surface area (Å²) in [5, 5.41) is 7.55. The number of ether oxygens (including phenoxy) is 1. The molecule has 0 fully saturated rings. The van der Waals surface area contributed by atoms with Gasteiger partial charge >= 0.3 is 5.97 Å². The summed E-state index contributed by atoms with van der Waals surface area (Å²) in [4.78, 5) is 11.6. The van der Waals surface area contributed by atoms with Crippen LogP contribution < -0.4 is 4.74 Å². The van der Waals surface area contributed by atoms with Gasteiger partial charge in [0.15, 0.2) is 0 Å². The molecular weight excluding hydrogens is 204 g/mol. The Bertz CT molecular complexity index is 480. The minimum atomic E-state index is -0.432. The van der Waals surface area contributed by atoms with Crippen molar-refractivity contribution in [1.29, 1.82) is 0 Å². The van der Waals surface area contributed by atoms with Crippen LogP contribution in [0.15, 0.2) is 42.5 Å². The highest BCUT2D eigenvalue weighted by Crippen LogP contribution is 2.08. The molecule has 0 saturated heterocycles. The molecular formula is C12H10N2O2. The lowest BCUT2D eigenvalue weighted by Crippen LogP contribution is -2.09. The minimum absolute atomic E-state index is 0.208. The van der Waals surface area contributed by atoms with Gasteiger partial charge in [0.25, 0.3) is 0 Å². The summed E-state index contributed by atoms with van der Waals surface area (Å²) in [6.45, 7) is 1.82. The monoisotopic (exact) mass is 214 g/mol. The molecule has 0 atom stereocenters. The largest absolute Gasteiger partial charge is 0.402 e. The third-order valence-electron chi connectivity index (χ3n) is 1.98. The number of aromatic nitrogens is 2. The van der Waals surface area contributed by atoms with Crippen molar-refractivity contribution in [2.24, 2.45) is 0 Å². The Morgan fingerprint density at radius 1 is 1.06 bits per heavy atom. The maximum absolute atomic E-state index is 11.6. The Labute approximate surface area is 92.9 Å². The number of hydrogen-bond donors (Lipinski definition) is 0. The minimum Gasteiger partial charge on any atom is -0.402 e. The van der Waals surface area contributed by atoms with E-state index in [-0.39, 0.29) is 5.88 Å². The van der Waals surface area contributed by atoms with Gasteiger partial charge in [0.2, 0.25) is 5.88 Å². The van der Waals surface area contributed by atoms with E-state index in [1.807, 2.05) is 13.0 Å². The van der Waals surface area contributed by atoms with Crippen LogP contribution in [0, 0.1) is 6.92 Å². The summed E-state index contributed by atoms with van der Waals surface area (Å²) in [7, 11) is 0. The lowest BCUT2D eigenvalue weighted by Gasteiger charge is -2.02. The van der Waals surface area contributed by atoms with Crippen LogP contribution in [0.2, 0.25) is 0 Å². The molecule has 2 rings (SSSR count). The fourth-order valence-electron chi connectivity index (χ4n) is 1.17. The topological polar surface area (TPSA) is 52.1 Å². The van der Waals surface area contributed by atoms with Gasteiger partial charge in [-0.15, -0.1) is 5.10 Å².